The number of aromatic nitrogens is 2. The molecule has 21 heavy (non-hydrogen) atoms. The molecule has 2 heterocycles. The number of fused-ring (bicyclic) bond motifs is 1. The smallest absolute Gasteiger partial charge is 0.237 e. The normalized spacial score (nSPS) is 17.4. The Balaban J connectivity index is 1.85. The quantitative estimate of drug-likeness (QED) is 0.928. The standard InChI is InChI=1S/C17H21N3O/c1-12(2)21-17-15(9-5-11-19-17)20-14-8-3-6-13-7-4-10-18-16(13)14/h4-5,7,9-12,14,20H,3,6,8H2,1-2H3. The van der Waals surface area contributed by atoms with Gasteiger partial charge in [0, 0.05) is 12.4 Å². The number of anilines is 1. The second-order valence-electron chi connectivity index (χ2n) is 5.66. The molecule has 4 heteroatoms. The van der Waals surface area contributed by atoms with Gasteiger partial charge in [-0.1, -0.05) is 6.07 Å². The summed E-state index contributed by atoms with van der Waals surface area (Å²) in [6, 6.07) is 8.36. The molecule has 110 valence electrons. The third-order valence-electron chi connectivity index (χ3n) is 3.64. The molecular weight excluding hydrogens is 262 g/mol. The molecule has 1 N–H and O–H groups in total. The van der Waals surface area contributed by atoms with Crippen LogP contribution in [0.1, 0.15) is 44.0 Å². The van der Waals surface area contributed by atoms with Crippen molar-refractivity contribution in [1.29, 1.82) is 0 Å². The molecule has 0 aromatic carbocycles. The molecule has 0 aliphatic heterocycles. The lowest BCUT2D eigenvalue weighted by molar-refractivity contribution is 0.233. The number of hydrogen-bond donors (Lipinski definition) is 1. The van der Waals surface area contributed by atoms with Crippen molar-refractivity contribution in [2.45, 2.75) is 45.3 Å². The van der Waals surface area contributed by atoms with Crippen molar-refractivity contribution in [1.82, 2.24) is 9.97 Å². The molecule has 0 amide bonds. The fourth-order valence-corrected chi connectivity index (χ4v) is 2.76. The van der Waals surface area contributed by atoms with Crippen molar-refractivity contribution >= 4 is 5.69 Å². The van der Waals surface area contributed by atoms with E-state index < -0.39 is 0 Å². The highest BCUT2D eigenvalue weighted by molar-refractivity contribution is 5.54. The van der Waals surface area contributed by atoms with Crippen LogP contribution in [0.3, 0.4) is 0 Å². The monoisotopic (exact) mass is 283 g/mol. The van der Waals surface area contributed by atoms with Crippen molar-refractivity contribution in [3.63, 3.8) is 0 Å². The zero-order valence-corrected chi connectivity index (χ0v) is 12.5. The summed E-state index contributed by atoms with van der Waals surface area (Å²) < 4.78 is 5.78. The van der Waals surface area contributed by atoms with E-state index in [0.717, 1.165) is 24.2 Å². The van der Waals surface area contributed by atoms with Gasteiger partial charge in [0.15, 0.2) is 0 Å². The highest BCUT2D eigenvalue weighted by Gasteiger charge is 2.22. The lowest BCUT2D eigenvalue weighted by Gasteiger charge is -2.26. The Hall–Kier alpha value is -2.10. The summed E-state index contributed by atoms with van der Waals surface area (Å²) >= 11 is 0. The van der Waals surface area contributed by atoms with E-state index in [4.69, 9.17) is 4.74 Å². The minimum Gasteiger partial charge on any atom is -0.473 e. The Morgan fingerprint density at radius 1 is 1.19 bits per heavy atom. The summed E-state index contributed by atoms with van der Waals surface area (Å²) in [5.74, 6) is 0.663. The maximum Gasteiger partial charge on any atom is 0.237 e. The first-order valence-corrected chi connectivity index (χ1v) is 7.56. The van der Waals surface area contributed by atoms with Gasteiger partial charge in [-0.15, -0.1) is 0 Å². The number of aryl methyl sites for hydroxylation is 1. The lowest BCUT2D eigenvalue weighted by Crippen LogP contribution is -2.20. The van der Waals surface area contributed by atoms with Crippen LogP contribution in [0.4, 0.5) is 5.69 Å². The van der Waals surface area contributed by atoms with Gasteiger partial charge in [-0.05, 0) is 56.9 Å². The lowest BCUT2D eigenvalue weighted by atomic mass is 9.92. The Morgan fingerprint density at radius 3 is 2.86 bits per heavy atom. The maximum absolute atomic E-state index is 5.78. The van der Waals surface area contributed by atoms with Crippen LogP contribution in [0.15, 0.2) is 36.7 Å². The predicted molar refractivity (Wildman–Crippen MR) is 83.5 cm³/mol. The fraction of sp³-hybridized carbons (Fsp3) is 0.412. The molecule has 0 fully saturated rings. The van der Waals surface area contributed by atoms with E-state index in [1.54, 1.807) is 6.20 Å². The van der Waals surface area contributed by atoms with Gasteiger partial charge in [0.2, 0.25) is 5.88 Å². The fourth-order valence-electron chi connectivity index (χ4n) is 2.76. The summed E-state index contributed by atoms with van der Waals surface area (Å²) in [6.07, 6.45) is 7.11. The molecule has 1 atom stereocenters. The van der Waals surface area contributed by atoms with Crippen molar-refractivity contribution in [2.75, 3.05) is 5.32 Å². The van der Waals surface area contributed by atoms with E-state index in [1.165, 1.54) is 12.0 Å². The van der Waals surface area contributed by atoms with E-state index in [-0.39, 0.29) is 12.1 Å². The van der Waals surface area contributed by atoms with Crippen LogP contribution in [0.25, 0.3) is 0 Å². The number of ether oxygens (including phenoxy) is 1. The molecule has 0 spiro atoms. The van der Waals surface area contributed by atoms with Gasteiger partial charge < -0.3 is 10.1 Å². The molecule has 4 nitrogen and oxygen atoms in total. The largest absolute Gasteiger partial charge is 0.473 e. The van der Waals surface area contributed by atoms with Crippen LogP contribution < -0.4 is 10.1 Å². The summed E-state index contributed by atoms with van der Waals surface area (Å²) in [7, 11) is 0. The van der Waals surface area contributed by atoms with Gasteiger partial charge in [-0.2, -0.15) is 0 Å². The zero-order valence-electron chi connectivity index (χ0n) is 12.5. The van der Waals surface area contributed by atoms with Crippen molar-refractivity contribution in [2.24, 2.45) is 0 Å². The van der Waals surface area contributed by atoms with Crippen LogP contribution >= 0.6 is 0 Å². The average molecular weight is 283 g/mol. The topological polar surface area (TPSA) is 47.0 Å². The summed E-state index contributed by atoms with van der Waals surface area (Å²) in [4.78, 5) is 8.90. The minimum absolute atomic E-state index is 0.109. The highest BCUT2D eigenvalue weighted by atomic mass is 16.5. The van der Waals surface area contributed by atoms with Gasteiger partial charge in [0.05, 0.1) is 23.5 Å². The molecule has 1 aliphatic rings. The molecular formula is C17H21N3O. The van der Waals surface area contributed by atoms with Gasteiger partial charge >= 0.3 is 0 Å². The third kappa shape index (κ3) is 3.15. The molecule has 0 saturated heterocycles. The Morgan fingerprint density at radius 2 is 2.00 bits per heavy atom. The second-order valence-corrected chi connectivity index (χ2v) is 5.66. The molecule has 3 rings (SSSR count). The molecule has 1 unspecified atom stereocenters. The van der Waals surface area contributed by atoms with Crippen LogP contribution in [0.2, 0.25) is 0 Å². The number of rotatable bonds is 4. The number of nitrogens with one attached hydrogen (secondary N) is 1. The van der Waals surface area contributed by atoms with Crippen LogP contribution in [0.5, 0.6) is 5.88 Å². The summed E-state index contributed by atoms with van der Waals surface area (Å²) in [5, 5.41) is 3.56. The molecule has 1 aliphatic carbocycles. The predicted octanol–water partition coefficient (Wildman–Crippen LogP) is 3.75. The average Bonchev–Trinajstić information content (AvgIpc) is 2.49. The zero-order chi connectivity index (χ0) is 14.7. The molecule has 0 bridgehead atoms. The third-order valence-corrected chi connectivity index (χ3v) is 3.64. The van der Waals surface area contributed by atoms with Gasteiger partial charge in [-0.25, -0.2) is 4.98 Å². The minimum atomic E-state index is 0.109. The first-order chi connectivity index (χ1) is 10.2. The molecule has 0 radical (unpaired) electrons. The van der Waals surface area contributed by atoms with Gasteiger partial charge in [0.1, 0.15) is 0 Å². The Bertz CT molecular complexity index is 612. The van der Waals surface area contributed by atoms with E-state index in [1.807, 2.05) is 38.2 Å². The summed E-state index contributed by atoms with van der Waals surface area (Å²) in [6.45, 7) is 4.02. The molecule has 0 saturated carbocycles. The molecule has 2 aromatic heterocycles. The van der Waals surface area contributed by atoms with Crippen LogP contribution in [0, 0.1) is 0 Å². The van der Waals surface area contributed by atoms with Crippen LogP contribution in [-0.4, -0.2) is 16.1 Å². The molecule has 2 aromatic rings. The van der Waals surface area contributed by atoms with E-state index in [9.17, 15) is 0 Å². The number of pyridine rings is 2. The van der Waals surface area contributed by atoms with E-state index in [0.29, 0.717) is 5.88 Å². The second kappa shape index (κ2) is 6.12. The Kier molecular flexibility index (Phi) is 4.04. The maximum atomic E-state index is 5.78. The highest BCUT2D eigenvalue weighted by Crippen LogP contribution is 2.33. The first-order valence-electron chi connectivity index (χ1n) is 7.56. The number of nitrogens with zero attached hydrogens (tertiary/aromatic N) is 2. The summed E-state index contributed by atoms with van der Waals surface area (Å²) in [5.41, 5.74) is 3.44. The van der Waals surface area contributed by atoms with Crippen LogP contribution in [-0.2, 0) is 6.42 Å². The number of hydrogen-bond acceptors (Lipinski definition) is 4. The van der Waals surface area contributed by atoms with Gasteiger partial charge in [0.25, 0.3) is 0 Å². The SMILES string of the molecule is CC(C)Oc1ncccc1NC1CCCc2cccnc21. The van der Waals surface area contributed by atoms with Gasteiger partial charge in [-0.3, -0.25) is 4.98 Å². The van der Waals surface area contributed by atoms with E-state index in [2.05, 4.69) is 21.4 Å². The van der Waals surface area contributed by atoms with Crippen molar-refractivity contribution in [3.8, 4) is 5.88 Å². The Labute approximate surface area is 125 Å². The first kappa shape index (κ1) is 13.9. The van der Waals surface area contributed by atoms with Crippen molar-refractivity contribution < 1.29 is 4.74 Å². The van der Waals surface area contributed by atoms with Crippen molar-refractivity contribution in [3.05, 3.63) is 47.9 Å². The van der Waals surface area contributed by atoms with E-state index >= 15 is 0 Å².